The van der Waals surface area contributed by atoms with Gasteiger partial charge in [0, 0.05) is 18.0 Å². The lowest BCUT2D eigenvalue weighted by Crippen LogP contribution is -2.27. The number of pyridine rings is 2. The van der Waals surface area contributed by atoms with Crippen LogP contribution in [0.3, 0.4) is 0 Å². The maximum atomic E-state index is 13.3. The minimum atomic E-state index is -0.197. The maximum Gasteiger partial charge on any atom is 0.252 e. The number of hydrogen-bond donors (Lipinski definition) is 1. The van der Waals surface area contributed by atoms with Gasteiger partial charge in [0.2, 0.25) is 0 Å². The van der Waals surface area contributed by atoms with Gasteiger partial charge in [-0.1, -0.05) is 36.4 Å². The maximum absolute atomic E-state index is 13.3. The van der Waals surface area contributed by atoms with Gasteiger partial charge in [-0.05, 0) is 36.8 Å². The van der Waals surface area contributed by atoms with Gasteiger partial charge in [-0.25, -0.2) is 9.67 Å². The number of fused-ring (bicyclic) bond motifs is 1. The summed E-state index contributed by atoms with van der Waals surface area (Å²) >= 11 is 0. The molecule has 1 amide bonds. The van der Waals surface area contributed by atoms with Crippen molar-refractivity contribution in [3.8, 4) is 11.3 Å². The van der Waals surface area contributed by atoms with Crippen molar-refractivity contribution in [2.75, 3.05) is 0 Å². The molecule has 0 fully saturated rings. The molecular formula is C25H21N5O2. The minimum absolute atomic E-state index is 0.191. The number of furan rings is 1. The summed E-state index contributed by atoms with van der Waals surface area (Å²) in [6.07, 6.45) is 6.78. The summed E-state index contributed by atoms with van der Waals surface area (Å²) in [5, 5.41) is 8.25. The SMILES string of the molecule is C[C@H](NC(=O)c1cc(-c2ccccc2)nc2c1cnn2Cc1ccco1)c1cccnc1. The van der Waals surface area contributed by atoms with E-state index in [4.69, 9.17) is 9.40 Å². The van der Waals surface area contributed by atoms with Crippen LogP contribution >= 0.6 is 0 Å². The van der Waals surface area contributed by atoms with Crippen molar-refractivity contribution in [2.24, 2.45) is 0 Å². The number of benzene rings is 1. The third-order valence-electron chi connectivity index (χ3n) is 5.34. The molecule has 158 valence electrons. The van der Waals surface area contributed by atoms with E-state index in [1.165, 1.54) is 0 Å². The van der Waals surface area contributed by atoms with Crippen LogP contribution in [0.5, 0.6) is 0 Å². The zero-order chi connectivity index (χ0) is 21.9. The molecule has 32 heavy (non-hydrogen) atoms. The van der Waals surface area contributed by atoms with Crippen LogP contribution in [-0.4, -0.2) is 25.7 Å². The zero-order valence-corrected chi connectivity index (χ0v) is 17.5. The van der Waals surface area contributed by atoms with E-state index in [-0.39, 0.29) is 11.9 Å². The van der Waals surface area contributed by atoms with Crippen LogP contribution in [0.15, 0.2) is 89.9 Å². The van der Waals surface area contributed by atoms with Gasteiger partial charge in [0.15, 0.2) is 5.65 Å². The number of carbonyl (C=O) groups excluding carboxylic acids is 1. The molecule has 7 heteroatoms. The van der Waals surface area contributed by atoms with E-state index in [1.54, 1.807) is 29.5 Å². The van der Waals surface area contributed by atoms with E-state index in [9.17, 15) is 4.79 Å². The van der Waals surface area contributed by atoms with E-state index < -0.39 is 0 Å². The fourth-order valence-electron chi connectivity index (χ4n) is 3.65. The number of nitrogens with zero attached hydrogens (tertiary/aromatic N) is 4. The van der Waals surface area contributed by atoms with Gasteiger partial charge in [0.1, 0.15) is 12.3 Å². The first-order valence-corrected chi connectivity index (χ1v) is 10.3. The highest BCUT2D eigenvalue weighted by atomic mass is 16.3. The largest absolute Gasteiger partial charge is 0.467 e. The van der Waals surface area contributed by atoms with E-state index in [2.05, 4.69) is 15.4 Å². The van der Waals surface area contributed by atoms with E-state index in [1.807, 2.05) is 67.6 Å². The molecular weight excluding hydrogens is 402 g/mol. The Labute approximate surface area is 184 Å². The summed E-state index contributed by atoms with van der Waals surface area (Å²) in [6, 6.07) is 18.9. The molecule has 4 aromatic heterocycles. The van der Waals surface area contributed by atoms with Crippen LogP contribution in [0, 0.1) is 0 Å². The average molecular weight is 423 g/mol. The summed E-state index contributed by atoms with van der Waals surface area (Å²) in [5.41, 5.74) is 3.72. The molecule has 1 aromatic carbocycles. The summed E-state index contributed by atoms with van der Waals surface area (Å²) in [5.74, 6) is 0.571. The van der Waals surface area contributed by atoms with Gasteiger partial charge in [-0.3, -0.25) is 9.78 Å². The molecule has 0 aliphatic rings. The second kappa shape index (κ2) is 8.47. The van der Waals surface area contributed by atoms with Gasteiger partial charge in [0.25, 0.3) is 5.91 Å². The first-order valence-electron chi connectivity index (χ1n) is 10.3. The predicted octanol–water partition coefficient (Wildman–Crippen LogP) is 4.63. The highest BCUT2D eigenvalue weighted by Gasteiger charge is 2.20. The Morgan fingerprint density at radius 2 is 1.97 bits per heavy atom. The quantitative estimate of drug-likeness (QED) is 0.430. The Hall–Kier alpha value is -4.26. The van der Waals surface area contributed by atoms with Crippen LogP contribution < -0.4 is 5.32 Å². The first kappa shape index (κ1) is 19.7. The number of hydrogen-bond acceptors (Lipinski definition) is 5. The first-order chi connectivity index (χ1) is 15.7. The van der Waals surface area contributed by atoms with Gasteiger partial charge in [0.05, 0.1) is 35.1 Å². The monoisotopic (exact) mass is 423 g/mol. The molecule has 0 saturated carbocycles. The smallest absolute Gasteiger partial charge is 0.252 e. The fourth-order valence-corrected chi connectivity index (χ4v) is 3.65. The molecule has 5 rings (SSSR count). The van der Waals surface area contributed by atoms with Gasteiger partial charge >= 0.3 is 0 Å². The van der Waals surface area contributed by atoms with E-state index >= 15 is 0 Å². The number of aromatic nitrogens is 4. The van der Waals surface area contributed by atoms with Crippen molar-refractivity contribution < 1.29 is 9.21 Å². The lowest BCUT2D eigenvalue weighted by molar-refractivity contribution is 0.0941. The Morgan fingerprint density at radius 1 is 1.09 bits per heavy atom. The van der Waals surface area contributed by atoms with E-state index in [0.717, 1.165) is 16.9 Å². The molecule has 0 aliphatic heterocycles. The standard InChI is InChI=1S/C25H21N5O2/c1-17(19-9-5-11-26-14-19)28-25(31)21-13-23(18-7-3-2-4-8-18)29-24-22(21)15-27-30(24)16-20-10-6-12-32-20/h2-15,17H,16H2,1H3,(H,28,31)/t17-/m0/s1. The molecule has 0 saturated heterocycles. The third-order valence-corrected chi connectivity index (χ3v) is 5.34. The number of carbonyl (C=O) groups is 1. The van der Waals surface area contributed by atoms with Crippen molar-refractivity contribution in [1.82, 2.24) is 25.1 Å². The lowest BCUT2D eigenvalue weighted by Gasteiger charge is -2.15. The molecule has 7 nitrogen and oxygen atoms in total. The molecule has 0 spiro atoms. The molecule has 0 aliphatic carbocycles. The summed E-state index contributed by atoms with van der Waals surface area (Å²) in [6.45, 7) is 2.36. The normalized spacial score (nSPS) is 12.0. The summed E-state index contributed by atoms with van der Waals surface area (Å²) in [7, 11) is 0. The number of rotatable bonds is 6. The van der Waals surface area contributed by atoms with Crippen molar-refractivity contribution >= 4 is 16.9 Å². The molecule has 0 bridgehead atoms. The van der Waals surface area contributed by atoms with Crippen molar-refractivity contribution in [3.63, 3.8) is 0 Å². The van der Waals surface area contributed by atoms with Crippen LogP contribution in [0.2, 0.25) is 0 Å². The molecule has 0 unspecified atom stereocenters. The molecule has 1 atom stereocenters. The van der Waals surface area contributed by atoms with Crippen molar-refractivity contribution in [1.29, 1.82) is 0 Å². The van der Waals surface area contributed by atoms with Crippen LogP contribution in [0.25, 0.3) is 22.3 Å². The highest BCUT2D eigenvalue weighted by Crippen LogP contribution is 2.26. The van der Waals surface area contributed by atoms with Crippen molar-refractivity contribution in [3.05, 3.63) is 102 Å². The average Bonchev–Trinajstić information content (AvgIpc) is 3.50. The van der Waals surface area contributed by atoms with Crippen LogP contribution in [0.1, 0.15) is 34.6 Å². The Morgan fingerprint density at radius 3 is 2.72 bits per heavy atom. The van der Waals surface area contributed by atoms with Gasteiger partial charge < -0.3 is 9.73 Å². The Kier molecular flexibility index (Phi) is 5.21. The van der Waals surface area contributed by atoms with Crippen LogP contribution in [-0.2, 0) is 6.54 Å². The molecule has 5 aromatic rings. The number of nitrogens with one attached hydrogen (secondary N) is 1. The second-order valence-corrected chi connectivity index (χ2v) is 7.52. The Balaban J connectivity index is 1.57. The highest BCUT2D eigenvalue weighted by molar-refractivity contribution is 6.06. The van der Waals surface area contributed by atoms with Crippen LogP contribution in [0.4, 0.5) is 0 Å². The molecule has 1 N–H and O–H groups in total. The van der Waals surface area contributed by atoms with E-state index in [0.29, 0.717) is 28.8 Å². The minimum Gasteiger partial charge on any atom is -0.467 e. The third kappa shape index (κ3) is 3.88. The van der Waals surface area contributed by atoms with Gasteiger partial charge in [-0.2, -0.15) is 5.10 Å². The zero-order valence-electron chi connectivity index (χ0n) is 17.5. The second-order valence-electron chi connectivity index (χ2n) is 7.52. The van der Waals surface area contributed by atoms with Gasteiger partial charge in [-0.15, -0.1) is 0 Å². The number of amides is 1. The predicted molar refractivity (Wildman–Crippen MR) is 121 cm³/mol. The summed E-state index contributed by atoms with van der Waals surface area (Å²) in [4.78, 5) is 22.3. The lowest BCUT2D eigenvalue weighted by atomic mass is 10.1. The topological polar surface area (TPSA) is 85.8 Å². The molecule has 0 radical (unpaired) electrons. The fraction of sp³-hybridized carbons (Fsp3) is 0.120. The van der Waals surface area contributed by atoms with Crippen molar-refractivity contribution in [2.45, 2.75) is 19.5 Å². The Bertz CT molecular complexity index is 1350. The molecule has 4 heterocycles. The summed E-state index contributed by atoms with van der Waals surface area (Å²) < 4.78 is 7.23.